The molecule has 4 nitrogen and oxygen atoms in total. The maximum Gasteiger partial charge on any atom is 0.573 e. The van der Waals surface area contributed by atoms with Crippen LogP contribution in [0.3, 0.4) is 0 Å². The highest BCUT2D eigenvalue weighted by molar-refractivity contribution is 5.72. The Morgan fingerprint density at radius 1 is 0.580 bits per heavy atom. The quantitative estimate of drug-likeness (QED) is 0.101. The van der Waals surface area contributed by atoms with Crippen molar-refractivity contribution in [3.05, 3.63) is 119 Å². The molecule has 0 bridgehead atoms. The monoisotopic (exact) mass is 712 g/mol. The zero-order chi connectivity index (χ0) is 36.4. The molecule has 0 aliphatic carbocycles. The second-order valence-corrected chi connectivity index (χ2v) is 11.0. The molecule has 262 valence electrons. The van der Waals surface area contributed by atoms with Crippen molar-refractivity contribution in [2.75, 3.05) is 0 Å². The van der Waals surface area contributed by atoms with E-state index >= 15 is 13.2 Å². The van der Waals surface area contributed by atoms with Crippen molar-refractivity contribution in [2.24, 2.45) is 0 Å². The van der Waals surface area contributed by atoms with Gasteiger partial charge in [-0.1, -0.05) is 31.9 Å². The predicted molar refractivity (Wildman–Crippen MR) is 159 cm³/mol. The van der Waals surface area contributed by atoms with Crippen molar-refractivity contribution in [3.63, 3.8) is 0 Å². The molecule has 0 N–H and O–H groups in total. The molecule has 50 heavy (non-hydrogen) atoms. The van der Waals surface area contributed by atoms with Crippen LogP contribution in [-0.4, -0.2) is 16.3 Å². The summed E-state index contributed by atoms with van der Waals surface area (Å²) < 4.78 is 163. The first-order valence-electron chi connectivity index (χ1n) is 14.8. The van der Waals surface area contributed by atoms with E-state index in [9.17, 15) is 35.1 Å². The molecule has 15 heteroatoms. The highest BCUT2D eigenvalue weighted by Gasteiger charge is 2.41. The standard InChI is InChI=1S/C35H23F11N2O2/c1-2-3-4-5-18-16-47-33(48-17-18)21-13-27(38)31(28(39)14-21)34(42,43)49-22-7-9-23(26(37)15-22)19-6-8-24(25(36)10-19)20-11-29(40)32(30(41)12-20)50-35(44,45)46/h6-17H,2-5H2,1H3. The molecule has 4 aromatic carbocycles. The molecule has 0 radical (unpaired) electrons. The van der Waals surface area contributed by atoms with Crippen molar-refractivity contribution < 1.29 is 57.8 Å². The first-order chi connectivity index (χ1) is 23.6. The maximum absolute atomic E-state index is 15.1. The Balaban J connectivity index is 1.34. The lowest BCUT2D eigenvalue weighted by molar-refractivity contribution is -0.276. The molecule has 0 fully saturated rings. The molecular weight excluding hydrogens is 689 g/mol. The number of unbranched alkanes of at least 4 members (excludes halogenated alkanes) is 2. The Hall–Kier alpha value is -5.21. The molecule has 0 aliphatic heterocycles. The first-order valence-corrected chi connectivity index (χ1v) is 14.8. The van der Waals surface area contributed by atoms with Crippen LogP contribution in [0.2, 0.25) is 0 Å². The second-order valence-electron chi connectivity index (χ2n) is 11.0. The molecule has 0 spiro atoms. The number of alkyl halides is 5. The first kappa shape index (κ1) is 36.1. The van der Waals surface area contributed by atoms with Gasteiger partial charge in [0, 0.05) is 35.2 Å². The minimum atomic E-state index is -5.40. The fraction of sp³-hybridized carbons (Fsp3) is 0.200. The summed E-state index contributed by atoms with van der Waals surface area (Å²) in [6.07, 6.45) is -3.51. The molecule has 0 saturated carbocycles. The zero-order valence-electron chi connectivity index (χ0n) is 25.6. The van der Waals surface area contributed by atoms with Gasteiger partial charge in [0.05, 0.1) is 0 Å². The van der Waals surface area contributed by atoms with Crippen LogP contribution in [0.4, 0.5) is 48.3 Å². The Morgan fingerprint density at radius 3 is 1.68 bits per heavy atom. The largest absolute Gasteiger partial charge is 0.573 e. The number of hydrogen-bond donors (Lipinski definition) is 0. The van der Waals surface area contributed by atoms with Crippen molar-refractivity contribution >= 4 is 0 Å². The third kappa shape index (κ3) is 8.14. The topological polar surface area (TPSA) is 44.2 Å². The van der Waals surface area contributed by atoms with Crippen molar-refractivity contribution in [1.29, 1.82) is 0 Å². The fourth-order valence-electron chi connectivity index (χ4n) is 5.03. The molecule has 1 aromatic heterocycles. The summed E-state index contributed by atoms with van der Waals surface area (Å²) in [5, 5.41) is 0. The fourth-order valence-corrected chi connectivity index (χ4v) is 5.03. The summed E-state index contributed by atoms with van der Waals surface area (Å²) in [6, 6.07) is 6.94. The summed E-state index contributed by atoms with van der Waals surface area (Å²) in [4.78, 5) is 8.12. The Bertz CT molecular complexity index is 1970. The van der Waals surface area contributed by atoms with Crippen molar-refractivity contribution in [2.45, 2.75) is 45.1 Å². The minimum absolute atomic E-state index is 0.104. The minimum Gasteiger partial charge on any atom is -0.429 e. The molecule has 0 atom stereocenters. The van der Waals surface area contributed by atoms with Gasteiger partial charge in [0.25, 0.3) is 0 Å². The number of ether oxygens (including phenoxy) is 2. The summed E-state index contributed by atoms with van der Waals surface area (Å²) in [5.41, 5.74) is -2.73. The predicted octanol–water partition coefficient (Wildman–Crippen LogP) is 11.1. The van der Waals surface area contributed by atoms with Gasteiger partial charge >= 0.3 is 12.5 Å². The third-order valence-electron chi connectivity index (χ3n) is 7.36. The average molecular weight is 713 g/mol. The number of nitrogens with zero attached hydrogens (tertiary/aromatic N) is 2. The zero-order valence-corrected chi connectivity index (χ0v) is 25.6. The SMILES string of the molecule is CCCCCc1cnc(-c2cc(F)c(C(F)(F)Oc3ccc(-c4ccc(-c5cc(F)c(OC(F)(F)F)c(F)c5)c(F)c4)c(F)c3)c(F)c2)nc1. The highest BCUT2D eigenvalue weighted by atomic mass is 19.4. The van der Waals surface area contributed by atoms with Crippen LogP contribution in [0.1, 0.15) is 37.3 Å². The van der Waals surface area contributed by atoms with Gasteiger partial charge in [-0.25, -0.2) is 36.3 Å². The molecule has 1 heterocycles. The van der Waals surface area contributed by atoms with Gasteiger partial charge in [0.15, 0.2) is 17.5 Å². The van der Waals surface area contributed by atoms with Gasteiger partial charge in [-0.2, -0.15) is 8.78 Å². The molecule has 0 unspecified atom stereocenters. The number of rotatable bonds is 11. The smallest absolute Gasteiger partial charge is 0.429 e. The number of hydrogen-bond acceptors (Lipinski definition) is 4. The molecular formula is C35H23F11N2O2. The van der Waals surface area contributed by atoms with Crippen LogP contribution in [0.5, 0.6) is 11.5 Å². The number of aryl methyl sites for hydroxylation is 1. The lowest BCUT2D eigenvalue weighted by Gasteiger charge is -2.20. The summed E-state index contributed by atoms with van der Waals surface area (Å²) in [5.74, 6) is -12.0. The van der Waals surface area contributed by atoms with Gasteiger partial charge in [-0.15, -0.1) is 13.2 Å². The van der Waals surface area contributed by atoms with E-state index in [1.807, 2.05) is 6.92 Å². The van der Waals surface area contributed by atoms with Crippen LogP contribution in [0.15, 0.2) is 73.1 Å². The number of halogens is 11. The van der Waals surface area contributed by atoms with E-state index in [0.717, 1.165) is 55.2 Å². The van der Waals surface area contributed by atoms with E-state index in [1.54, 1.807) is 0 Å². The summed E-state index contributed by atoms with van der Waals surface area (Å²) >= 11 is 0. The third-order valence-corrected chi connectivity index (χ3v) is 7.36. The van der Waals surface area contributed by atoms with Gasteiger partial charge in [0.2, 0.25) is 5.75 Å². The Kier molecular flexibility index (Phi) is 10.3. The van der Waals surface area contributed by atoms with Crippen molar-refractivity contribution in [1.82, 2.24) is 9.97 Å². The molecule has 5 rings (SSSR count). The van der Waals surface area contributed by atoms with E-state index in [1.165, 1.54) is 12.4 Å². The van der Waals surface area contributed by atoms with E-state index < -0.39 is 75.6 Å². The second kappa shape index (κ2) is 14.3. The van der Waals surface area contributed by atoms with Crippen LogP contribution >= 0.6 is 0 Å². The molecule has 0 saturated heterocycles. The highest BCUT2D eigenvalue weighted by Crippen LogP contribution is 2.39. The van der Waals surface area contributed by atoms with E-state index in [-0.39, 0.29) is 22.5 Å². The van der Waals surface area contributed by atoms with Crippen LogP contribution in [0, 0.1) is 34.9 Å². The Labute approximate surface area is 277 Å². The molecule has 0 aliphatic rings. The summed E-state index contributed by atoms with van der Waals surface area (Å²) in [7, 11) is 0. The van der Waals surface area contributed by atoms with Gasteiger partial charge in [-0.05, 0) is 72.0 Å². The van der Waals surface area contributed by atoms with Gasteiger partial charge in [-0.3, -0.25) is 0 Å². The van der Waals surface area contributed by atoms with E-state index in [4.69, 9.17) is 0 Å². The number of benzene rings is 4. The molecule has 5 aromatic rings. The van der Waals surface area contributed by atoms with E-state index in [0.29, 0.717) is 36.8 Å². The molecule has 0 amide bonds. The van der Waals surface area contributed by atoms with E-state index in [2.05, 4.69) is 19.4 Å². The number of aromatic nitrogens is 2. The lowest BCUT2D eigenvalue weighted by Crippen LogP contribution is -2.25. The Morgan fingerprint density at radius 2 is 1.12 bits per heavy atom. The van der Waals surface area contributed by atoms with Crippen LogP contribution < -0.4 is 9.47 Å². The normalized spacial score (nSPS) is 11.9. The van der Waals surface area contributed by atoms with Crippen LogP contribution in [-0.2, 0) is 12.5 Å². The van der Waals surface area contributed by atoms with Crippen LogP contribution in [0.25, 0.3) is 33.6 Å². The lowest BCUT2D eigenvalue weighted by atomic mass is 9.99. The van der Waals surface area contributed by atoms with Gasteiger partial charge in [0.1, 0.15) is 34.6 Å². The maximum atomic E-state index is 15.1. The average Bonchev–Trinajstić information content (AvgIpc) is 3.02. The summed E-state index contributed by atoms with van der Waals surface area (Å²) in [6.45, 7) is 2.04. The van der Waals surface area contributed by atoms with Crippen molar-refractivity contribution in [3.8, 4) is 45.1 Å². The van der Waals surface area contributed by atoms with Gasteiger partial charge < -0.3 is 9.47 Å².